The molecule has 0 atom stereocenters. The molecule has 6 heteroatoms. The van der Waals surface area contributed by atoms with E-state index < -0.39 is 14.2 Å². The van der Waals surface area contributed by atoms with Gasteiger partial charge >= 0.3 is 0 Å². The minimum atomic E-state index is -1.62. The smallest absolute Gasteiger partial charge is 0.230 e. The Balaban J connectivity index is 2.10. The first-order chi connectivity index (χ1) is 10.3. The molecule has 0 aliphatic carbocycles. The molecule has 0 aliphatic rings. The second-order valence-electron chi connectivity index (χ2n) is 5.79. The van der Waals surface area contributed by atoms with Crippen LogP contribution in [0, 0.1) is 11.5 Å². The lowest BCUT2D eigenvalue weighted by Crippen LogP contribution is -2.16. The molecule has 0 amide bonds. The third-order valence-corrected chi connectivity index (χ3v) is 5.66. The summed E-state index contributed by atoms with van der Waals surface area (Å²) < 4.78 is 25.9. The molecule has 2 rings (SSSR count). The van der Waals surface area contributed by atoms with Crippen LogP contribution in [-0.2, 0) is 0 Å². The number of hydrogen-bond donors (Lipinski definition) is 0. The van der Waals surface area contributed by atoms with Crippen molar-refractivity contribution in [3.8, 4) is 11.5 Å². The predicted octanol–water partition coefficient (Wildman–Crippen LogP) is 5.79. The minimum absolute atomic E-state index is 0.357. The SMILES string of the molecule is C[Si](C)(C)C#Cc1ccc2nc(SCCC=C(F)F)sc2c1. The van der Waals surface area contributed by atoms with E-state index in [-0.39, 0.29) is 0 Å². The van der Waals surface area contributed by atoms with Crippen LogP contribution in [0.25, 0.3) is 10.2 Å². The topological polar surface area (TPSA) is 12.9 Å². The van der Waals surface area contributed by atoms with Crippen LogP contribution >= 0.6 is 23.1 Å². The Labute approximate surface area is 138 Å². The van der Waals surface area contributed by atoms with Crippen LogP contribution in [0.2, 0.25) is 19.6 Å². The third kappa shape index (κ3) is 5.56. The fraction of sp³-hybridized carbons (Fsp3) is 0.312. The number of aromatic nitrogens is 1. The summed E-state index contributed by atoms with van der Waals surface area (Å²) >= 11 is 3.10. The summed E-state index contributed by atoms with van der Waals surface area (Å²) in [7, 11) is -1.38. The van der Waals surface area contributed by atoms with E-state index in [9.17, 15) is 8.78 Å². The molecule has 1 heterocycles. The van der Waals surface area contributed by atoms with Gasteiger partial charge in [-0.3, -0.25) is 0 Å². The van der Waals surface area contributed by atoms with Gasteiger partial charge in [0.25, 0.3) is 6.08 Å². The summed E-state index contributed by atoms with van der Waals surface area (Å²) in [6.07, 6.45) is -0.309. The third-order valence-electron chi connectivity index (χ3n) is 2.59. The Morgan fingerprint density at radius 2 is 2.14 bits per heavy atom. The summed E-state index contributed by atoms with van der Waals surface area (Å²) in [5.41, 5.74) is 5.31. The van der Waals surface area contributed by atoms with Crippen molar-refractivity contribution in [1.29, 1.82) is 0 Å². The summed E-state index contributed by atoms with van der Waals surface area (Å²) in [6, 6.07) is 6.03. The van der Waals surface area contributed by atoms with Crippen molar-refractivity contribution in [2.24, 2.45) is 0 Å². The Morgan fingerprint density at radius 1 is 1.36 bits per heavy atom. The van der Waals surface area contributed by atoms with E-state index in [1.165, 1.54) is 11.8 Å². The lowest BCUT2D eigenvalue weighted by Gasteiger charge is -2.03. The molecule has 2 aromatic rings. The summed E-state index contributed by atoms with van der Waals surface area (Å²) in [4.78, 5) is 4.51. The number of thioether (sulfide) groups is 1. The molecule has 1 nitrogen and oxygen atoms in total. The van der Waals surface area contributed by atoms with E-state index in [0.717, 1.165) is 26.2 Å². The predicted molar refractivity (Wildman–Crippen MR) is 95.5 cm³/mol. The number of benzene rings is 1. The standard InChI is InChI=1S/C16H17F2NS2Si/c1-22(2,3)10-8-12-6-7-13-14(11-12)21-16(19-13)20-9-4-5-15(17)18/h5-7,11H,4,9H2,1-3H3. The average molecular weight is 354 g/mol. The van der Waals surface area contributed by atoms with Crippen molar-refractivity contribution in [2.75, 3.05) is 5.75 Å². The zero-order valence-corrected chi connectivity index (χ0v) is 15.4. The van der Waals surface area contributed by atoms with Crippen LogP contribution < -0.4 is 0 Å². The molecule has 0 N–H and O–H groups in total. The fourth-order valence-electron chi connectivity index (χ4n) is 1.62. The van der Waals surface area contributed by atoms with E-state index in [0.29, 0.717) is 12.2 Å². The normalized spacial score (nSPS) is 11.1. The second kappa shape index (κ2) is 7.40. The lowest BCUT2D eigenvalue weighted by molar-refractivity contribution is 0.418. The van der Waals surface area contributed by atoms with Gasteiger partial charge in [-0.25, -0.2) is 4.98 Å². The first kappa shape index (κ1) is 17.2. The van der Waals surface area contributed by atoms with Crippen molar-refractivity contribution in [1.82, 2.24) is 4.98 Å². The molecule has 1 aromatic heterocycles. The molecule has 1 aromatic carbocycles. The molecule has 0 saturated carbocycles. The van der Waals surface area contributed by atoms with Gasteiger partial charge < -0.3 is 0 Å². The van der Waals surface area contributed by atoms with E-state index in [4.69, 9.17) is 0 Å². The molecule has 116 valence electrons. The molecule has 0 aliphatic heterocycles. The fourth-order valence-corrected chi connectivity index (χ4v) is 4.20. The van der Waals surface area contributed by atoms with Crippen LogP contribution in [0.3, 0.4) is 0 Å². The van der Waals surface area contributed by atoms with Gasteiger partial charge in [0.2, 0.25) is 0 Å². The van der Waals surface area contributed by atoms with Crippen LogP contribution in [-0.4, -0.2) is 18.8 Å². The quantitative estimate of drug-likeness (QED) is 0.299. The van der Waals surface area contributed by atoms with Gasteiger partial charge in [-0.1, -0.05) is 37.3 Å². The van der Waals surface area contributed by atoms with Gasteiger partial charge in [0.05, 0.1) is 10.2 Å². The highest BCUT2D eigenvalue weighted by Crippen LogP contribution is 2.30. The van der Waals surface area contributed by atoms with Crippen molar-refractivity contribution >= 4 is 41.4 Å². The van der Waals surface area contributed by atoms with Gasteiger partial charge in [-0.15, -0.1) is 16.9 Å². The summed E-state index contributed by atoms with van der Waals surface area (Å²) in [6.45, 7) is 6.65. The van der Waals surface area contributed by atoms with E-state index in [1.54, 1.807) is 11.3 Å². The highest BCUT2D eigenvalue weighted by atomic mass is 32.2. The second-order valence-corrected chi connectivity index (χ2v) is 12.9. The molecule has 0 saturated heterocycles. The maximum Gasteiger partial charge on any atom is 0.266 e. The van der Waals surface area contributed by atoms with Crippen molar-refractivity contribution in [2.45, 2.75) is 30.4 Å². The Kier molecular flexibility index (Phi) is 5.79. The molecule has 0 bridgehead atoms. The maximum atomic E-state index is 12.0. The van der Waals surface area contributed by atoms with Crippen molar-refractivity contribution < 1.29 is 8.78 Å². The average Bonchev–Trinajstić information content (AvgIpc) is 2.82. The van der Waals surface area contributed by atoms with Gasteiger partial charge in [0.15, 0.2) is 4.34 Å². The van der Waals surface area contributed by atoms with Gasteiger partial charge in [-0.2, -0.15) is 8.78 Å². The van der Waals surface area contributed by atoms with Crippen LogP contribution in [0.4, 0.5) is 8.78 Å². The minimum Gasteiger partial charge on any atom is -0.230 e. The van der Waals surface area contributed by atoms with Crippen molar-refractivity contribution in [3.05, 3.63) is 35.9 Å². The molecular formula is C16H17F2NS2Si. The monoisotopic (exact) mass is 353 g/mol. The number of hydrogen-bond acceptors (Lipinski definition) is 3. The zero-order chi connectivity index (χ0) is 16.2. The van der Waals surface area contributed by atoms with E-state index >= 15 is 0 Å². The summed E-state index contributed by atoms with van der Waals surface area (Å²) in [5, 5.41) is 0. The molecule has 22 heavy (non-hydrogen) atoms. The number of nitrogens with zero attached hydrogens (tertiary/aromatic N) is 1. The van der Waals surface area contributed by atoms with E-state index in [1.807, 2.05) is 12.1 Å². The van der Waals surface area contributed by atoms with Gasteiger partial charge in [-0.05, 0) is 30.7 Å². The first-order valence-corrected chi connectivity index (χ1v) is 12.2. The highest BCUT2D eigenvalue weighted by Gasteiger charge is 2.08. The van der Waals surface area contributed by atoms with Crippen LogP contribution in [0.5, 0.6) is 0 Å². The first-order valence-electron chi connectivity index (χ1n) is 6.91. The molecule has 0 spiro atoms. The molecule has 0 radical (unpaired) electrons. The molecule has 0 unspecified atom stereocenters. The molecular weight excluding hydrogens is 336 g/mol. The number of rotatable bonds is 4. The number of halogens is 2. The number of thiazole rings is 1. The Hall–Kier alpha value is -1.16. The Morgan fingerprint density at radius 3 is 2.82 bits per heavy atom. The maximum absolute atomic E-state index is 12.0. The van der Waals surface area contributed by atoms with Gasteiger partial charge in [0.1, 0.15) is 8.07 Å². The van der Waals surface area contributed by atoms with Crippen LogP contribution in [0.1, 0.15) is 12.0 Å². The van der Waals surface area contributed by atoms with Gasteiger partial charge in [0, 0.05) is 11.3 Å². The Bertz CT molecular complexity index is 747. The van der Waals surface area contributed by atoms with Crippen molar-refractivity contribution in [3.63, 3.8) is 0 Å². The lowest BCUT2D eigenvalue weighted by atomic mass is 10.2. The molecule has 0 fully saturated rings. The largest absolute Gasteiger partial charge is 0.266 e. The van der Waals surface area contributed by atoms with E-state index in [2.05, 4.69) is 42.2 Å². The zero-order valence-electron chi connectivity index (χ0n) is 12.7. The van der Waals surface area contributed by atoms with Crippen LogP contribution in [0.15, 0.2) is 34.7 Å². The number of fused-ring (bicyclic) bond motifs is 1. The number of allylic oxidation sites excluding steroid dienone is 1. The highest BCUT2D eigenvalue weighted by molar-refractivity contribution is 8.01. The summed E-state index contributed by atoms with van der Waals surface area (Å²) in [5.74, 6) is 3.85.